The molecular weight excluding hydrogens is 404 g/mol. The van der Waals surface area contributed by atoms with E-state index < -0.39 is 0 Å². The SMILES string of the molecule is COc1cc(C(=O)N(C)CC(=O)Nc2ccc(C)cc2)cc(Cl)c1OCCC(C)C. The first kappa shape index (κ1) is 23.5. The van der Waals surface area contributed by atoms with Gasteiger partial charge in [-0.1, -0.05) is 43.1 Å². The molecule has 30 heavy (non-hydrogen) atoms. The first-order valence-corrected chi connectivity index (χ1v) is 10.2. The first-order chi connectivity index (χ1) is 14.2. The van der Waals surface area contributed by atoms with Crippen LogP contribution in [0.25, 0.3) is 0 Å². The number of halogens is 1. The molecule has 1 N–H and O–H groups in total. The molecule has 7 heteroatoms. The van der Waals surface area contributed by atoms with E-state index >= 15 is 0 Å². The lowest BCUT2D eigenvalue weighted by Gasteiger charge is -2.19. The Kier molecular flexibility index (Phi) is 8.54. The third-order valence-corrected chi connectivity index (χ3v) is 4.76. The largest absolute Gasteiger partial charge is 0.493 e. The van der Waals surface area contributed by atoms with Crippen molar-refractivity contribution >= 4 is 29.1 Å². The summed E-state index contributed by atoms with van der Waals surface area (Å²) in [6, 6.07) is 10.6. The van der Waals surface area contributed by atoms with Gasteiger partial charge in [-0.05, 0) is 43.5 Å². The molecule has 0 unspecified atom stereocenters. The number of nitrogens with zero attached hydrogens (tertiary/aromatic N) is 1. The molecule has 0 saturated heterocycles. The van der Waals surface area contributed by atoms with Gasteiger partial charge in [0.25, 0.3) is 5.91 Å². The van der Waals surface area contributed by atoms with Gasteiger partial charge in [-0.25, -0.2) is 0 Å². The van der Waals surface area contributed by atoms with Gasteiger partial charge < -0.3 is 19.7 Å². The number of hydrogen-bond acceptors (Lipinski definition) is 4. The van der Waals surface area contributed by atoms with E-state index in [1.807, 2.05) is 31.2 Å². The molecule has 0 fully saturated rings. The number of nitrogens with one attached hydrogen (secondary N) is 1. The predicted octanol–water partition coefficient (Wildman–Crippen LogP) is 4.79. The lowest BCUT2D eigenvalue weighted by molar-refractivity contribution is -0.116. The third kappa shape index (κ3) is 6.66. The van der Waals surface area contributed by atoms with Crippen LogP contribution in [0.4, 0.5) is 5.69 Å². The molecule has 2 amide bonds. The van der Waals surface area contributed by atoms with E-state index in [1.54, 1.807) is 13.1 Å². The molecule has 0 radical (unpaired) electrons. The molecule has 0 bridgehead atoms. The van der Waals surface area contributed by atoms with Crippen LogP contribution in [0.1, 0.15) is 36.2 Å². The van der Waals surface area contributed by atoms with Gasteiger partial charge in [-0.3, -0.25) is 9.59 Å². The second-order valence-electron chi connectivity index (χ2n) is 7.60. The van der Waals surface area contributed by atoms with E-state index in [-0.39, 0.29) is 18.4 Å². The lowest BCUT2D eigenvalue weighted by Crippen LogP contribution is -2.35. The number of aryl methyl sites for hydroxylation is 1. The summed E-state index contributed by atoms with van der Waals surface area (Å²) < 4.78 is 11.1. The number of carbonyl (C=O) groups is 2. The quantitative estimate of drug-likeness (QED) is 0.618. The molecular formula is C23H29ClN2O4. The molecule has 0 saturated carbocycles. The summed E-state index contributed by atoms with van der Waals surface area (Å²) in [6.45, 7) is 6.58. The van der Waals surface area contributed by atoms with Crippen LogP contribution in [-0.4, -0.2) is 44.0 Å². The Morgan fingerprint density at radius 2 is 1.83 bits per heavy atom. The highest BCUT2D eigenvalue weighted by molar-refractivity contribution is 6.32. The maximum absolute atomic E-state index is 12.8. The lowest BCUT2D eigenvalue weighted by atomic mass is 10.1. The number of methoxy groups -OCH3 is 1. The molecule has 0 aromatic heterocycles. The van der Waals surface area contributed by atoms with Crippen molar-refractivity contribution in [1.82, 2.24) is 4.90 Å². The summed E-state index contributed by atoms with van der Waals surface area (Å²) in [5.41, 5.74) is 2.10. The number of ether oxygens (including phenoxy) is 2. The zero-order valence-corrected chi connectivity index (χ0v) is 18.9. The molecule has 0 aliphatic rings. The second kappa shape index (κ2) is 10.9. The van der Waals surface area contributed by atoms with Gasteiger partial charge >= 0.3 is 0 Å². The van der Waals surface area contributed by atoms with Crippen LogP contribution in [0.3, 0.4) is 0 Å². The molecule has 0 heterocycles. The Bertz CT molecular complexity index is 882. The summed E-state index contributed by atoms with van der Waals surface area (Å²) in [5, 5.41) is 3.07. The van der Waals surface area contributed by atoms with Crippen LogP contribution in [0.15, 0.2) is 36.4 Å². The summed E-state index contributed by atoms with van der Waals surface area (Å²) in [7, 11) is 3.05. The van der Waals surface area contributed by atoms with Crippen LogP contribution in [0.5, 0.6) is 11.5 Å². The molecule has 0 aliphatic heterocycles. The normalized spacial score (nSPS) is 10.6. The average molecular weight is 433 g/mol. The van der Waals surface area contributed by atoms with E-state index in [2.05, 4.69) is 19.2 Å². The number of likely N-dealkylation sites (N-methyl/N-ethyl adjacent to an activating group) is 1. The van der Waals surface area contributed by atoms with Crippen molar-refractivity contribution in [3.8, 4) is 11.5 Å². The van der Waals surface area contributed by atoms with Crippen LogP contribution >= 0.6 is 11.6 Å². The number of benzene rings is 2. The van der Waals surface area contributed by atoms with Crippen molar-refractivity contribution < 1.29 is 19.1 Å². The predicted molar refractivity (Wildman–Crippen MR) is 120 cm³/mol. The topological polar surface area (TPSA) is 67.9 Å². The van der Waals surface area contributed by atoms with Gasteiger partial charge in [-0.2, -0.15) is 0 Å². The number of carbonyl (C=O) groups excluding carboxylic acids is 2. The maximum atomic E-state index is 12.8. The van der Waals surface area contributed by atoms with Gasteiger partial charge in [0.15, 0.2) is 11.5 Å². The van der Waals surface area contributed by atoms with Gasteiger partial charge in [0.1, 0.15) is 0 Å². The summed E-state index contributed by atoms with van der Waals surface area (Å²) in [4.78, 5) is 26.4. The highest BCUT2D eigenvalue weighted by Gasteiger charge is 2.20. The monoisotopic (exact) mass is 432 g/mol. The van der Waals surface area contributed by atoms with Crippen molar-refractivity contribution in [2.24, 2.45) is 5.92 Å². The van der Waals surface area contributed by atoms with E-state index in [0.29, 0.717) is 40.3 Å². The van der Waals surface area contributed by atoms with Crippen molar-refractivity contribution in [1.29, 1.82) is 0 Å². The highest BCUT2D eigenvalue weighted by atomic mass is 35.5. The molecule has 2 aromatic carbocycles. The third-order valence-electron chi connectivity index (χ3n) is 4.48. The van der Waals surface area contributed by atoms with E-state index in [4.69, 9.17) is 21.1 Å². The van der Waals surface area contributed by atoms with E-state index in [9.17, 15) is 9.59 Å². The van der Waals surface area contributed by atoms with Crippen molar-refractivity contribution in [2.45, 2.75) is 27.2 Å². The Balaban J connectivity index is 2.06. The van der Waals surface area contributed by atoms with Crippen LogP contribution in [-0.2, 0) is 4.79 Å². The van der Waals surface area contributed by atoms with E-state index in [0.717, 1.165) is 12.0 Å². The molecule has 0 aliphatic carbocycles. The number of anilines is 1. The summed E-state index contributed by atoms with van der Waals surface area (Å²) in [6.07, 6.45) is 0.874. The molecule has 0 spiro atoms. The Morgan fingerprint density at radius 3 is 2.43 bits per heavy atom. The van der Waals surface area contributed by atoms with Crippen molar-refractivity contribution in [2.75, 3.05) is 32.6 Å². The summed E-state index contributed by atoms with van der Waals surface area (Å²) >= 11 is 6.35. The average Bonchev–Trinajstić information content (AvgIpc) is 2.69. The molecule has 0 atom stereocenters. The second-order valence-corrected chi connectivity index (χ2v) is 8.00. The van der Waals surface area contributed by atoms with Gasteiger partial charge in [-0.15, -0.1) is 0 Å². The van der Waals surface area contributed by atoms with Gasteiger partial charge in [0, 0.05) is 18.3 Å². The first-order valence-electron chi connectivity index (χ1n) is 9.83. The van der Waals surface area contributed by atoms with Crippen molar-refractivity contribution in [3.05, 3.63) is 52.5 Å². The molecule has 6 nitrogen and oxygen atoms in total. The fraction of sp³-hybridized carbons (Fsp3) is 0.391. The molecule has 162 valence electrons. The van der Waals surface area contributed by atoms with Crippen molar-refractivity contribution in [3.63, 3.8) is 0 Å². The van der Waals surface area contributed by atoms with Crippen LogP contribution in [0.2, 0.25) is 5.02 Å². The highest BCUT2D eigenvalue weighted by Crippen LogP contribution is 2.37. The number of amides is 2. The minimum Gasteiger partial charge on any atom is -0.493 e. The summed E-state index contributed by atoms with van der Waals surface area (Å²) in [5.74, 6) is 0.656. The molecule has 2 rings (SSSR count). The minimum absolute atomic E-state index is 0.0979. The number of rotatable bonds is 9. The Morgan fingerprint density at radius 1 is 1.17 bits per heavy atom. The zero-order valence-electron chi connectivity index (χ0n) is 18.1. The van der Waals surface area contributed by atoms with E-state index in [1.165, 1.54) is 18.1 Å². The molecule has 2 aromatic rings. The number of hydrogen-bond donors (Lipinski definition) is 1. The smallest absolute Gasteiger partial charge is 0.254 e. The fourth-order valence-corrected chi connectivity index (χ4v) is 2.99. The standard InChI is InChI=1S/C23H29ClN2O4/c1-15(2)10-11-30-22-19(24)12-17(13-20(22)29-5)23(28)26(4)14-21(27)25-18-8-6-16(3)7-9-18/h6-9,12-13,15H,10-11,14H2,1-5H3,(H,25,27). The van der Waals surface area contributed by atoms with Gasteiger partial charge in [0.2, 0.25) is 5.91 Å². The Labute approximate surface area is 183 Å². The Hall–Kier alpha value is -2.73. The maximum Gasteiger partial charge on any atom is 0.254 e. The van der Waals surface area contributed by atoms with Crippen LogP contribution in [0, 0.1) is 12.8 Å². The fourth-order valence-electron chi connectivity index (χ4n) is 2.73. The zero-order chi connectivity index (χ0) is 22.3. The minimum atomic E-state index is -0.344. The van der Waals surface area contributed by atoms with Gasteiger partial charge in [0.05, 0.1) is 25.3 Å². The van der Waals surface area contributed by atoms with Crippen LogP contribution < -0.4 is 14.8 Å².